The molecular weight excluding hydrogens is 282 g/mol. The standard InChI is InChI=1S/C14H16ClNO4/c1-8(9-2-3-9)16-13(17)7-20-12-6-10(15)4-5-11(12)14(18)19/h4-6,8-9H,2-3,7H2,1H3,(H,16,17)(H,18,19). The lowest BCUT2D eigenvalue weighted by Gasteiger charge is -2.14. The van der Waals surface area contributed by atoms with Crippen molar-refractivity contribution < 1.29 is 19.4 Å². The normalized spacial score (nSPS) is 15.5. The number of carboxylic acids is 1. The predicted octanol–water partition coefficient (Wildman–Crippen LogP) is 2.33. The summed E-state index contributed by atoms with van der Waals surface area (Å²) in [5.74, 6) is -0.733. The van der Waals surface area contributed by atoms with Crippen molar-refractivity contribution in [1.82, 2.24) is 5.32 Å². The van der Waals surface area contributed by atoms with Crippen molar-refractivity contribution in [3.05, 3.63) is 28.8 Å². The Balaban J connectivity index is 1.94. The van der Waals surface area contributed by atoms with Crippen molar-refractivity contribution in [3.63, 3.8) is 0 Å². The van der Waals surface area contributed by atoms with Gasteiger partial charge in [0.1, 0.15) is 11.3 Å². The van der Waals surface area contributed by atoms with Gasteiger partial charge in [0.25, 0.3) is 5.91 Å². The third kappa shape index (κ3) is 3.87. The summed E-state index contributed by atoms with van der Waals surface area (Å²) < 4.78 is 5.26. The van der Waals surface area contributed by atoms with E-state index >= 15 is 0 Å². The number of hydrogen-bond acceptors (Lipinski definition) is 3. The third-order valence-corrected chi connectivity index (χ3v) is 3.49. The smallest absolute Gasteiger partial charge is 0.339 e. The van der Waals surface area contributed by atoms with E-state index in [0.717, 1.165) is 12.8 Å². The summed E-state index contributed by atoms with van der Waals surface area (Å²) in [5.41, 5.74) is -0.0163. The largest absolute Gasteiger partial charge is 0.483 e. The number of rotatable bonds is 6. The molecule has 1 fully saturated rings. The molecule has 1 aromatic rings. The van der Waals surface area contributed by atoms with Crippen molar-refractivity contribution in [1.29, 1.82) is 0 Å². The number of amides is 1. The average Bonchev–Trinajstić information content (AvgIpc) is 3.20. The van der Waals surface area contributed by atoms with E-state index in [9.17, 15) is 9.59 Å². The van der Waals surface area contributed by atoms with Crippen LogP contribution in [0.25, 0.3) is 0 Å². The number of halogens is 1. The fourth-order valence-electron chi connectivity index (χ4n) is 1.95. The van der Waals surface area contributed by atoms with Gasteiger partial charge in [-0.3, -0.25) is 4.79 Å². The summed E-state index contributed by atoms with van der Waals surface area (Å²) in [6.07, 6.45) is 2.28. The van der Waals surface area contributed by atoms with Crippen LogP contribution in [0.15, 0.2) is 18.2 Å². The van der Waals surface area contributed by atoms with E-state index in [1.54, 1.807) is 0 Å². The summed E-state index contributed by atoms with van der Waals surface area (Å²) >= 11 is 5.80. The molecule has 1 aliphatic carbocycles. The number of carbonyl (C=O) groups is 2. The quantitative estimate of drug-likeness (QED) is 0.845. The second-order valence-corrected chi connectivity index (χ2v) is 5.36. The molecule has 0 heterocycles. The fourth-order valence-corrected chi connectivity index (χ4v) is 2.11. The SMILES string of the molecule is CC(NC(=O)COc1cc(Cl)ccc1C(=O)O)C1CC1. The molecule has 5 nitrogen and oxygen atoms in total. The molecule has 0 bridgehead atoms. The molecule has 0 radical (unpaired) electrons. The Morgan fingerprint density at radius 3 is 2.80 bits per heavy atom. The number of aromatic carboxylic acids is 1. The molecule has 1 amide bonds. The van der Waals surface area contributed by atoms with E-state index in [2.05, 4.69) is 5.32 Å². The number of ether oxygens (including phenoxy) is 1. The van der Waals surface area contributed by atoms with E-state index in [1.807, 2.05) is 6.92 Å². The van der Waals surface area contributed by atoms with Gasteiger partial charge in [0.2, 0.25) is 0 Å². The Hall–Kier alpha value is -1.75. The van der Waals surface area contributed by atoms with Gasteiger partial charge in [0.05, 0.1) is 0 Å². The number of benzene rings is 1. The molecule has 0 saturated heterocycles. The number of carboxylic acid groups (broad SMARTS) is 1. The first-order chi connectivity index (χ1) is 9.47. The zero-order chi connectivity index (χ0) is 14.7. The molecule has 1 unspecified atom stereocenters. The van der Waals surface area contributed by atoms with Crippen LogP contribution in [0.5, 0.6) is 5.75 Å². The second kappa shape index (κ2) is 6.13. The minimum Gasteiger partial charge on any atom is -0.483 e. The third-order valence-electron chi connectivity index (χ3n) is 3.25. The summed E-state index contributed by atoms with van der Waals surface area (Å²) in [6.45, 7) is 1.73. The van der Waals surface area contributed by atoms with Gasteiger partial charge in [-0.2, -0.15) is 0 Å². The first-order valence-electron chi connectivity index (χ1n) is 6.42. The molecule has 1 aromatic carbocycles. The maximum atomic E-state index is 11.7. The maximum absolute atomic E-state index is 11.7. The molecule has 2 rings (SSSR count). The molecule has 2 N–H and O–H groups in total. The van der Waals surface area contributed by atoms with E-state index in [-0.39, 0.29) is 29.9 Å². The van der Waals surface area contributed by atoms with E-state index < -0.39 is 5.97 Å². The zero-order valence-corrected chi connectivity index (χ0v) is 11.8. The number of carbonyl (C=O) groups excluding carboxylic acids is 1. The van der Waals surface area contributed by atoms with Crippen LogP contribution in [-0.4, -0.2) is 29.6 Å². The highest BCUT2D eigenvalue weighted by Gasteiger charge is 2.28. The van der Waals surface area contributed by atoms with Crippen molar-refractivity contribution in [3.8, 4) is 5.75 Å². The van der Waals surface area contributed by atoms with Crippen LogP contribution < -0.4 is 10.1 Å². The van der Waals surface area contributed by atoms with Gasteiger partial charge >= 0.3 is 5.97 Å². The van der Waals surface area contributed by atoms with Crippen molar-refractivity contribution in [2.24, 2.45) is 5.92 Å². The van der Waals surface area contributed by atoms with Gasteiger partial charge in [-0.1, -0.05) is 11.6 Å². The minimum atomic E-state index is -1.12. The summed E-state index contributed by atoms with van der Waals surface area (Å²) in [5, 5.41) is 12.2. The van der Waals surface area contributed by atoms with Crippen molar-refractivity contribution >= 4 is 23.5 Å². The molecule has 0 spiro atoms. The number of hydrogen-bond donors (Lipinski definition) is 2. The van der Waals surface area contributed by atoms with E-state index in [0.29, 0.717) is 10.9 Å². The zero-order valence-electron chi connectivity index (χ0n) is 11.1. The molecule has 1 aliphatic rings. The second-order valence-electron chi connectivity index (χ2n) is 4.93. The number of nitrogens with one attached hydrogen (secondary N) is 1. The highest BCUT2D eigenvalue weighted by Crippen LogP contribution is 2.32. The molecule has 108 valence electrons. The van der Waals surface area contributed by atoms with E-state index in [4.69, 9.17) is 21.4 Å². The van der Waals surface area contributed by atoms with Gasteiger partial charge in [-0.25, -0.2) is 4.79 Å². The first-order valence-corrected chi connectivity index (χ1v) is 6.80. The highest BCUT2D eigenvalue weighted by atomic mass is 35.5. The maximum Gasteiger partial charge on any atom is 0.339 e. The van der Waals surface area contributed by atoms with Gasteiger partial charge in [0, 0.05) is 11.1 Å². The fraction of sp³-hybridized carbons (Fsp3) is 0.429. The Morgan fingerprint density at radius 2 is 2.20 bits per heavy atom. The van der Waals surface area contributed by atoms with Crippen LogP contribution >= 0.6 is 11.6 Å². The lowest BCUT2D eigenvalue weighted by atomic mass is 10.2. The Kier molecular flexibility index (Phi) is 4.49. The summed E-state index contributed by atoms with van der Waals surface area (Å²) in [4.78, 5) is 22.7. The van der Waals surface area contributed by atoms with Crippen LogP contribution in [-0.2, 0) is 4.79 Å². The summed E-state index contributed by atoms with van der Waals surface area (Å²) in [6, 6.07) is 4.34. The van der Waals surface area contributed by atoms with E-state index in [1.165, 1.54) is 18.2 Å². The Labute approximate surface area is 121 Å². The molecule has 0 aliphatic heterocycles. The van der Waals surface area contributed by atoms with Gasteiger partial charge < -0.3 is 15.2 Å². The molecule has 6 heteroatoms. The lowest BCUT2D eigenvalue weighted by molar-refractivity contribution is -0.123. The van der Waals surface area contributed by atoms with Crippen LogP contribution in [0, 0.1) is 5.92 Å². The minimum absolute atomic E-state index is 0.0163. The van der Waals surface area contributed by atoms with Crippen LogP contribution in [0.4, 0.5) is 0 Å². The molecule has 1 saturated carbocycles. The molecule has 1 atom stereocenters. The van der Waals surface area contributed by atoms with Crippen molar-refractivity contribution in [2.45, 2.75) is 25.8 Å². The molecule has 20 heavy (non-hydrogen) atoms. The Morgan fingerprint density at radius 1 is 1.50 bits per heavy atom. The molecular formula is C14H16ClNO4. The van der Waals surface area contributed by atoms with Crippen molar-refractivity contribution in [2.75, 3.05) is 6.61 Å². The summed E-state index contributed by atoms with van der Waals surface area (Å²) in [7, 11) is 0. The van der Waals surface area contributed by atoms with Crippen LogP contribution in [0.3, 0.4) is 0 Å². The monoisotopic (exact) mass is 297 g/mol. The van der Waals surface area contributed by atoms with Crippen LogP contribution in [0.2, 0.25) is 5.02 Å². The average molecular weight is 298 g/mol. The first kappa shape index (κ1) is 14.7. The Bertz CT molecular complexity index is 528. The van der Waals surface area contributed by atoms with Gasteiger partial charge in [-0.05, 0) is 43.9 Å². The van der Waals surface area contributed by atoms with Gasteiger partial charge in [-0.15, -0.1) is 0 Å². The lowest BCUT2D eigenvalue weighted by Crippen LogP contribution is -2.37. The van der Waals surface area contributed by atoms with Crippen LogP contribution in [0.1, 0.15) is 30.1 Å². The molecule has 0 aromatic heterocycles. The highest BCUT2D eigenvalue weighted by molar-refractivity contribution is 6.30. The predicted molar refractivity (Wildman–Crippen MR) is 74.2 cm³/mol. The van der Waals surface area contributed by atoms with Gasteiger partial charge in [0.15, 0.2) is 6.61 Å². The topological polar surface area (TPSA) is 75.6 Å².